The molecule has 1 aromatic heterocycles. The maximum Gasteiger partial charge on any atom is 0.278 e. The predicted octanol–water partition coefficient (Wildman–Crippen LogP) is 2.27. The van der Waals surface area contributed by atoms with E-state index in [0.717, 1.165) is 6.07 Å². The highest BCUT2D eigenvalue weighted by Gasteiger charge is 2.10. The monoisotopic (exact) mass is 193 g/mol. The van der Waals surface area contributed by atoms with Crippen LogP contribution in [0.25, 0.3) is 0 Å². The molecule has 0 bridgehead atoms. The number of aromatic amines is 1. The number of halogens is 3. The molecule has 1 heterocycles. The summed E-state index contributed by atoms with van der Waals surface area (Å²) in [6.45, 7) is 1.47. The van der Waals surface area contributed by atoms with E-state index in [4.69, 9.17) is 11.6 Å². The number of rotatable bonds is 1. The minimum Gasteiger partial charge on any atom is -0.356 e. The minimum atomic E-state index is -2.67. The fourth-order valence-corrected chi connectivity index (χ4v) is 0.916. The molecule has 1 aromatic rings. The van der Waals surface area contributed by atoms with Crippen LogP contribution in [0, 0.1) is 6.92 Å². The zero-order valence-corrected chi connectivity index (χ0v) is 6.95. The van der Waals surface area contributed by atoms with Gasteiger partial charge in [0.15, 0.2) is 0 Å². The number of pyridine rings is 1. The number of hydrogen-bond donors (Lipinski definition) is 1. The molecule has 0 saturated carbocycles. The van der Waals surface area contributed by atoms with Crippen LogP contribution >= 0.6 is 11.6 Å². The molecule has 2 nitrogen and oxygen atoms in total. The van der Waals surface area contributed by atoms with Gasteiger partial charge >= 0.3 is 0 Å². The van der Waals surface area contributed by atoms with Gasteiger partial charge in [-0.25, -0.2) is 8.78 Å². The van der Waals surface area contributed by atoms with Crippen LogP contribution in [0.5, 0.6) is 0 Å². The SMILES string of the molecule is Cc1[nH]c(C(F)F)cc(=O)c1Cl. The first-order valence-electron chi connectivity index (χ1n) is 3.20. The van der Waals surface area contributed by atoms with E-state index in [1.165, 1.54) is 6.92 Å². The zero-order chi connectivity index (χ0) is 9.30. The first kappa shape index (κ1) is 9.19. The van der Waals surface area contributed by atoms with Crippen LogP contribution < -0.4 is 5.43 Å². The lowest BCUT2D eigenvalue weighted by Gasteiger charge is -2.02. The van der Waals surface area contributed by atoms with Crippen molar-refractivity contribution in [1.82, 2.24) is 4.98 Å². The predicted molar refractivity (Wildman–Crippen MR) is 41.8 cm³/mol. The Hall–Kier alpha value is -0.900. The summed E-state index contributed by atoms with van der Waals surface area (Å²) in [4.78, 5) is 13.2. The summed E-state index contributed by atoms with van der Waals surface area (Å²) in [5, 5.41) is -0.0422. The third-order valence-electron chi connectivity index (χ3n) is 1.40. The number of alkyl halides is 2. The van der Waals surface area contributed by atoms with Gasteiger partial charge in [-0.2, -0.15) is 0 Å². The van der Waals surface area contributed by atoms with Crippen molar-refractivity contribution < 1.29 is 8.78 Å². The Balaban J connectivity index is 3.31. The molecule has 0 amide bonds. The van der Waals surface area contributed by atoms with Crippen molar-refractivity contribution in [2.75, 3.05) is 0 Å². The summed E-state index contributed by atoms with van der Waals surface area (Å²) in [5.74, 6) is 0. The molecule has 0 fully saturated rings. The topological polar surface area (TPSA) is 32.9 Å². The van der Waals surface area contributed by atoms with Gasteiger partial charge < -0.3 is 4.98 Å². The van der Waals surface area contributed by atoms with Gasteiger partial charge in [-0.3, -0.25) is 4.79 Å². The Morgan fingerprint density at radius 3 is 2.58 bits per heavy atom. The van der Waals surface area contributed by atoms with Crippen LogP contribution in [-0.4, -0.2) is 4.98 Å². The molecule has 66 valence electrons. The van der Waals surface area contributed by atoms with Crippen LogP contribution in [0.2, 0.25) is 5.02 Å². The molecule has 0 aliphatic rings. The van der Waals surface area contributed by atoms with E-state index in [2.05, 4.69) is 4.98 Å². The van der Waals surface area contributed by atoms with Crippen LogP contribution in [-0.2, 0) is 0 Å². The molecule has 0 spiro atoms. The molecule has 12 heavy (non-hydrogen) atoms. The molecule has 1 rings (SSSR count). The fourth-order valence-electron chi connectivity index (χ4n) is 0.814. The third-order valence-corrected chi connectivity index (χ3v) is 1.87. The smallest absolute Gasteiger partial charge is 0.278 e. The van der Waals surface area contributed by atoms with Crippen LogP contribution in [0.3, 0.4) is 0 Å². The van der Waals surface area contributed by atoms with Gasteiger partial charge in [0, 0.05) is 11.8 Å². The van der Waals surface area contributed by atoms with Gasteiger partial charge in [0.25, 0.3) is 6.43 Å². The Kier molecular flexibility index (Phi) is 2.47. The average Bonchev–Trinajstić information content (AvgIpc) is 1.99. The van der Waals surface area contributed by atoms with E-state index in [1.54, 1.807) is 0 Å². The Bertz CT molecular complexity index is 348. The molecule has 5 heteroatoms. The maximum absolute atomic E-state index is 12.0. The summed E-state index contributed by atoms with van der Waals surface area (Å²) in [6, 6.07) is 0.806. The number of aryl methyl sites for hydroxylation is 1. The van der Waals surface area contributed by atoms with E-state index >= 15 is 0 Å². The molecular weight excluding hydrogens is 188 g/mol. The van der Waals surface area contributed by atoms with Gasteiger partial charge in [-0.15, -0.1) is 0 Å². The van der Waals surface area contributed by atoms with Crippen molar-refractivity contribution in [3.63, 3.8) is 0 Å². The van der Waals surface area contributed by atoms with E-state index < -0.39 is 17.5 Å². The van der Waals surface area contributed by atoms with Crippen LogP contribution in [0.4, 0.5) is 8.78 Å². The minimum absolute atomic E-state index is 0.0422. The number of hydrogen-bond acceptors (Lipinski definition) is 1. The molecule has 0 aromatic carbocycles. The molecular formula is C7H6ClF2NO. The van der Waals surface area contributed by atoms with E-state index in [1.807, 2.05) is 0 Å². The highest BCUT2D eigenvalue weighted by molar-refractivity contribution is 6.31. The highest BCUT2D eigenvalue weighted by Crippen LogP contribution is 2.17. The second kappa shape index (κ2) is 3.23. The average molecular weight is 194 g/mol. The molecule has 0 radical (unpaired) electrons. The summed E-state index contributed by atoms with van der Waals surface area (Å²) < 4.78 is 24.1. The largest absolute Gasteiger partial charge is 0.356 e. The van der Waals surface area contributed by atoms with Gasteiger partial charge in [0.1, 0.15) is 5.02 Å². The molecule has 0 atom stereocenters. The summed E-state index contributed by atoms with van der Waals surface area (Å²) >= 11 is 5.47. The van der Waals surface area contributed by atoms with Gasteiger partial charge in [0.2, 0.25) is 5.43 Å². The molecule has 0 saturated heterocycles. The number of nitrogens with one attached hydrogen (secondary N) is 1. The van der Waals surface area contributed by atoms with Crippen LogP contribution in [0.15, 0.2) is 10.9 Å². The fraction of sp³-hybridized carbons (Fsp3) is 0.286. The van der Waals surface area contributed by atoms with Crippen molar-refractivity contribution in [3.05, 3.63) is 32.7 Å². The molecule has 0 unspecified atom stereocenters. The zero-order valence-electron chi connectivity index (χ0n) is 6.20. The van der Waals surface area contributed by atoms with Crippen molar-refractivity contribution >= 4 is 11.6 Å². The van der Waals surface area contributed by atoms with Gasteiger partial charge in [-0.1, -0.05) is 11.6 Å². The molecule has 0 aliphatic carbocycles. The Morgan fingerprint density at radius 1 is 1.58 bits per heavy atom. The second-order valence-corrected chi connectivity index (χ2v) is 2.71. The lowest BCUT2D eigenvalue weighted by Crippen LogP contribution is -2.07. The van der Waals surface area contributed by atoms with E-state index in [9.17, 15) is 13.6 Å². The summed E-state index contributed by atoms with van der Waals surface area (Å²) in [6.07, 6.45) is -2.67. The number of aromatic nitrogens is 1. The Morgan fingerprint density at radius 2 is 2.17 bits per heavy atom. The first-order chi connectivity index (χ1) is 5.52. The van der Waals surface area contributed by atoms with Crippen LogP contribution in [0.1, 0.15) is 17.8 Å². The maximum atomic E-state index is 12.0. The highest BCUT2D eigenvalue weighted by atomic mass is 35.5. The molecule has 0 aliphatic heterocycles. The lowest BCUT2D eigenvalue weighted by molar-refractivity contribution is 0.146. The van der Waals surface area contributed by atoms with Crippen molar-refractivity contribution in [2.45, 2.75) is 13.3 Å². The first-order valence-corrected chi connectivity index (χ1v) is 3.57. The quantitative estimate of drug-likeness (QED) is 0.729. The summed E-state index contributed by atoms with van der Waals surface area (Å²) in [7, 11) is 0. The third kappa shape index (κ3) is 1.64. The second-order valence-electron chi connectivity index (χ2n) is 2.33. The van der Waals surface area contributed by atoms with Crippen molar-refractivity contribution in [2.24, 2.45) is 0 Å². The lowest BCUT2D eigenvalue weighted by atomic mass is 10.3. The van der Waals surface area contributed by atoms with E-state index in [-0.39, 0.29) is 10.7 Å². The van der Waals surface area contributed by atoms with Gasteiger partial charge in [0.05, 0.1) is 5.69 Å². The number of H-pyrrole nitrogens is 1. The standard InChI is InChI=1S/C7H6ClF2NO/c1-3-6(8)5(12)2-4(11-3)7(9)10/h2,7H,1H3,(H,11,12). The van der Waals surface area contributed by atoms with E-state index in [0.29, 0.717) is 0 Å². The van der Waals surface area contributed by atoms with Crippen molar-refractivity contribution in [1.29, 1.82) is 0 Å². The Labute approximate surface area is 72.2 Å². The van der Waals surface area contributed by atoms with Crippen molar-refractivity contribution in [3.8, 4) is 0 Å². The summed E-state index contributed by atoms with van der Waals surface area (Å²) in [5.41, 5.74) is -0.718. The van der Waals surface area contributed by atoms with Gasteiger partial charge in [-0.05, 0) is 6.92 Å². The normalized spacial score (nSPS) is 10.8. The molecule has 1 N–H and O–H groups in total.